The van der Waals surface area contributed by atoms with Crippen molar-refractivity contribution in [1.29, 1.82) is 0 Å². The first kappa shape index (κ1) is 15.7. The summed E-state index contributed by atoms with van der Waals surface area (Å²) >= 11 is 0. The SMILES string of the molecule is CC1CN(C)CCCN1C(=O)C(C)(C)N1CCNCC1. The van der Waals surface area contributed by atoms with Gasteiger partial charge in [-0.1, -0.05) is 0 Å². The highest BCUT2D eigenvalue weighted by Crippen LogP contribution is 2.21. The molecule has 5 nitrogen and oxygen atoms in total. The second-order valence-electron chi connectivity index (χ2n) is 6.76. The standard InChI is InChI=1S/C15H30N4O/c1-13-12-17(4)8-5-9-19(13)14(20)15(2,3)18-10-6-16-7-11-18/h13,16H,5-12H2,1-4H3. The van der Waals surface area contributed by atoms with E-state index in [9.17, 15) is 4.79 Å². The van der Waals surface area contributed by atoms with Crippen molar-refractivity contribution in [3.8, 4) is 0 Å². The second-order valence-corrected chi connectivity index (χ2v) is 6.76. The third-order valence-electron chi connectivity index (χ3n) is 4.74. The van der Waals surface area contributed by atoms with Crippen LogP contribution >= 0.6 is 0 Å². The van der Waals surface area contributed by atoms with Gasteiger partial charge in [0.1, 0.15) is 0 Å². The number of carbonyl (C=O) groups excluding carboxylic acids is 1. The number of nitrogens with one attached hydrogen (secondary N) is 1. The van der Waals surface area contributed by atoms with Crippen LogP contribution < -0.4 is 5.32 Å². The fourth-order valence-corrected chi connectivity index (χ4v) is 3.38. The monoisotopic (exact) mass is 282 g/mol. The average Bonchev–Trinajstić information content (AvgIpc) is 2.59. The molecule has 1 unspecified atom stereocenters. The van der Waals surface area contributed by atoms with Crippen molar-refractivity contribution >= 4 is 5.91 Å². The first-order chi connectivity index (χ1) is 9.43. The maximum Gasteiger partial charge on any atom is 0.242 e. The van der Waals surface area contributed by atoms with Crippen molar-refractivity contribution in [3.63, 3.8) is 0 Å². The lowest BCUT2D eigenvalue weighted by atomic mass is 9.98. The van der Waals surface area contributed by atoms with Crippen LogP contribution in [0, 0.1) is 0 Å². The molecule has 1 atom stereocenters. The number of likely N-dealkylation sites (N-methyl/N-ethyl adjacent to an activating group) is 1. The quantitative estimate of drug-likeness (QED) is 0.786. The molecule has 2 heterocycles. The molecule has 0 radical (unpaired) electrons. The van der Waals surface area contributed by atoms with Gasteiger partial charge in [0, 0.05) is 45.3 Å². The highest BCUT2D eigenvalue weighted by atomic mass is 16.2. The molecule has 0 aliphatic carbocycles. The summed E-state index contributed by atoms with van der Waals surface area (Å²) < 4.78 is 0. The van der Waals surface area contributed by atoms with Crippen molar-refractivity contribution in [2.45, 2.75) is 38.8 Å². The molecule has 0 aromatic carbocycles. The van der Waals surface area contributed by atoms with E-state index in [1.165, 1.54) is 0 Å². The van der Waals surface area contributed by atoms with Crippen LogP contribution in [-0.4, -0.2) is 85.0 Å². The normalized spacial score (nSPS) is 27.4. The van der Waals surface area contributed by atoms with Crippen LogP contribution in [0.15, 0.2) is 0 Å². The van der Waals surface area contributed by atoms with Gasteiger partial charge in [-0.3, -0.25) is 9.69 Å². The maximum absolute atomic E-state index is 13.0. The van der Waals surface area contributed by atoms with Gasteiger partial charge in [0.05, 0.1) is 5.54 Å². The predicted octanol–water partition coefficient (Wildman–Crippen LogP) is 0.223. The van der Waals surface area contributed by atoms with E-state index in [1.807, 2.05) is 0 Å². The van der Waals surface area contributed by atoms with Gasteiger partial charge in [-0.05, 0) is 40.8 Å². The van der Waals surface area contributed by atoms with Gasteiger partial charge in [-0.15, -0.1) is 0 Å². The van der Waals surface area contributed by atoms with E-state index in [0.717, 1.165) is 52.2 Å². The maximum atomic E-state index is 13.0. The van der Waals surface area contributed by atoms with Crippen LogP contribution in [0.1, 0.15) is 27.2 Å². The number of piperazine rings is 1. The topological polar surface area (TPSA) is 38.8 Å². The molecule has 0 spiro atoms. The summed E-state index contributed by atoms with van der Waals surface area (Å²) in [4.78, 5) is 19.8. The van der Waals surface area contributed by atoms with E-state index in [2.05, 4.69) is 47.8 Å². The highest BCUT2D eigenvalue weighted by Gasteiger charge is 2.39. The Balaban J connectivity index is 2.07. The van der Waals surface area contributed by atoms with Crippen LogP contribution in [0.5, 0.6) is 0 Å². The molecule has 2 aliphatic heterocycles. The van der Waals surface area contributed by atoms with E-state index in [4.69, 9.17) is 0 Å². The lowest BCUT2D eigenvalue weighted by Crippen LogP contribution is -2.62. The predicted molar refractivity (Wildman–Crippen MR) is 81.8 cm³/mol. The number of amides is 1. The largest absolute Gasteiger partial charge is 0.337 e. The highest BCUT2D eigenvalue weighted by molar-refractivity contribution is 5.85. The molecule has 116 valence electrons. The Bertz CT molecular complexity index is 339. The van der Waals surface area contributed by atoms with Crippen molar-refractivity contribution < 1.29 is 4.79 Å². The summed E-state index contributed by atoms with van der Waals surface area (Å²) in [6, 6.07) is 0.303. The second kappa shape index (κ2) is 6.41. The van der Waals surface area contributed by atoms with Crippen LogP contribution in [0.3, 0.4) is 0 Å². The molecule has 2 aliphatic rings. The van der Waals surface area contributed by atoms with Crippen molar-refractivity contribution in [1.82, 2.24) is 20.0 Å². The third kappa shape index (κ3) is 3.32. The van der Waals surface area contributed by atoms with Crippen molar-refractivity contribution in [2.75, 3.05) is 52.9 Å². The minimum Gasteiger partial charge on any atom is -0.337 e. The molecular formula is C15H30N4O. The Morgan fingerprint density at radius 1 is 1.15 bits per heavy atom. The fourth-order valence-electron chi connectivity index (χ4n) is 3.38. The summed E-state index contributed by atoms with van der Waals surface area (Å²) in [6.07, 6.45) is 1.07. The minimum absolute atomic E-state index is 0.294. The summed E-state index contributed by atoms with van der Waals surface area (Å²) in [5.41, 5.74) is -0.390. The molecule has 5 heteroatoms. The third-order valence-corrected chi connectivity index (χ3v) is 4.74. The van der Waals surface area contributed by atoms with E-state index in [-0.39, 0.29) is 5.54 Å². The van der Waals surface area contributed by atoms with E-state index in [0.29, 0.717) is 11.9 Å². The van der Waals surface area contributed by atoms with Gasteiger partial charge in [0.15, 0.2) is 0 Å². The lowest BCUT2D eigenvalue weighted by molar-refractivity contribution is -0.145. The molecule has 2 saturated heterocycles. The van der Waals surface area contributed by atoms with E-state index < -0.39 is 0 Å². The molecule has 0 aromatic rings. The molecule has 0 bridgehead atoms. The van der Waals surface area contributed by atoms with Crippen LogP contribution in [0.25, 0.3) is 0 Å². The zero-order chi connectivity index (χ0) is 14.8. The Kier molecular flexibility index (Phi) is 5.04. The van der Waals surface area contributed by atoms with Crippen LogP contribution in [0.4, 0.5) is 0 Å². The smallest absolute Gasteiger partial charge is 0.242 e. The van der Waals surface area contributed by atoms with Crippen LogP contribution in [0.2, 0.25) is 0 Å². The molecule has 20 heavy (non-hydrogen) atoms. The molecule has 2 fully saturated rings. The lowest BCUT2D eigenvalue weighted by Gasteiger charge is -2.43. The number of carbonyl (C=O) groups is 1. The Morgan fingerprint density at radius 2 is 1.80 bits per heavy atom. The summed E-state index contributed by atoms with van der Waals surface area (Å²) in [5.74, 6) is 0.294. The first-order valence-corrected chi connectivity index (χ1v) is 7.88. The van der Waals surface area contributed by atoms with Gasteiger partial charge in [-0.25, -0.2) is 0 Å². The summed E-state index contributed by atoms with van der Waals surface area (Å²) in [5, 5.41) is 3.36. The summed E-state index contributed by atoms with van der Waals surface area (Å²) in [7, 11) is 2.14. The molecule has 1 amide bonds. The molecule has 2 rings (SSSR count). The van der Waals surface area contributed by atoms with Gasteiger partial charge >= 0.3 is 0 Å². The molecule has 1 N–H and O–H groups in total. The van der Waals surface area contributed by atoms with Gasteiger partial charge in [-0.2, -0.15) is 0 Å². The number of hydrogen-bond donors (Lipinski definition) is 1. The average molecular weight is 282 g/mol. The van der Waals surface area contributed by atoms with Crippen molar-refractivity contribution in [3.05, 3.63) is 0 Å². The Labute approximate surface area is 123 Å². The Hall–Kier alpha value is -0.650. The van der Waals surface area contributed by atoms with Crippen LogP contribution in [-0.2, 0) is 4.79 Å². The summed E-state index contributed by atoms with van der Waals surface area (Å²) in [6.45, 7) is 13.2. The first-order valence-electron chi connectivity index (χ1n) is 7.88. The van der Waals surface area contributed by atoms with E-state index >= 15 is 0 Å². The minimum atomic E-state index is -0.390. The number of hydrogen-bond acceptors (Lipinski definition) is 4. The fraction of sp³-hybridized carbons (Fsp3) is 0.933. The molecular weight excluding hydrogens is 252 g/mol. The van der Waals surface area contributed by atoms with Gasteiger partial charge in [0.25, 0.3) is 0 Å². The molecule has 0 aromatic heterocycles. The number of nitrogens with zero attached hydrogens (tertiary/aromatic N) is 3. The van der Waals surface area contributed by atoms with E-state index in [1.54, 1.807) is 0 Å². The zero-order valence-electron chi connectivity index (χ0n) is 13.5. The van der Waals surface area contributed by atoms with Gasteiger partial charge in [0.2, 0.25) is 5.91 Å². The number of rotatable bonds is 2. The zero-order valence-corrected chi connectivity index (χ0v) is 13.5. The molecule has 0 saturated carbocycles. The Morgan fingerprint density at radius 3 is 2.45 bits per heavy atom. The van der Waals surface area contributed by atoms with Gasteiger partial charge < -0.3 is 15.1 Å². The van der Waals surface area contributed by atoms with Crippen molar-refractivity contribution in [2.24, 2.45) is 0 Å².